The molecule has 0 aliphatic rings. The number of thiocarbonyl (C=S) groups is 1. The van der Waals surface area contributed by atoms with E-state index in [9.17, 15) is 0 Å². The topological polar surface area (TPSA) is 41.4 Å². The molecule has 0 atom stereocenters. The second kappa shape index (κ2) is 8.06. The predicted octanol–water partition coefficient (Wildman–Crippen LogP) is 4.73. The van der Waals surface area contributed by atoms with Crippen LogP contribution in [0.2, 0.25) is 0 Å². The van der Waals surface area contributed by atoms with Crippen molar-refractivity contribution in [2.45, 2.75) is 0 Å². The van der Waals surface area contributed by atoms with Gasteiger partial charge in [0.15, 0.2) is 5.11 Å². The van der Waals surface area contributed by atoms with Crippen molar-refractivity contribution in [1.29, 1.82) is 0 Å². The Kier molecular flexibility index (Phi) is 5.17. The number of benzene rings is 3. The van der Waals surface area contributed by atoms with Gasteiger partial charge in [0, 0.05) is 23.7 Å². The second-order valence-corrected chi connectivity index (χ2v) is 6.67. The van der Waals surface area contributed by atoms with E-state index in [1.807, 2.05) is 18.3 Å². The normalized spacial score (nSPS) is 11.0. The summed E-state index contributed by atoms with van der Waals surface area (Å²) in [6.07, 6.45) is 1.84. The average Bonchev–Trinajstić information content (AvgIpc) is 3.09. The fourth-order valence-electron chi connectivity index (χ4n) is 3.33. The van der Waals surface area contributed by atoms with Gasteiger partial charge in [-0.05, 0) is 36.0 Å². The van der Waals surface area contributed by atoms with Crippen molar-refractivity contribution in [2.24, 2.45) is 5.10 Å². The van der Waals surface area contributed by atoms with Gasteiger partial charge >= 0.3 is 0 Å². The van der Waals surface area contributed by atoms with Crippen molar-refractivity contribution in [3.05, 3.63) is 90.5 Å². The largest absolute Gasteiger partial charge is 0.364 e. The third kappa shape index (κ3) is 3.40. The Morgan fingerprint density at radius 3 is 2.25 bits per heavy atom. The minimum absolute atomic E-state index is 0.476. The van der Waals surface area contributed by atoms with Crippen LogP contribution in [0.15, 0.2) is 90.0 Å². The number of hydrogen-bond acceptors (Lipinski definition) is 2. The van der Waals surface area contributed by atoms with Crippen molar-refractivity contribution in [2.75, 3.05) is 7.05 Å². The molecule has 0 aliphatic heterocycles. The molecule has 4 rings (SSSR count). The van der Waals surface area contributed by atoms with E-state index in [0.717, 1.165) is 33.4 Å². The van der Waals surface area contributed by atoms with E-state index < -0.39 is 0 Å². The first-order valence-corrected chi connectivity index (χ1v) is 9.45. The van der Waals surface area contributed by atoms with Crippen LogP contribution in [0, 0.1) is 0 Å². The summed E-state index contributed by atoms with van der Waals surface area (Å²) in [6.45, 7) is 0. The summed E-state index contributed by atoms with van der Waals surface area (Å²) in [5.74, 6) is 0. The molecule has 0 spiro atoms. The van der Waals surface area contributed by atoms with E-state index in [1.165, 1.54) is 0 Å². The number of hydrazone groups is 1. The Morgan fingerprint density at radius 2 is 1.54 bits per heavy atom. The first-order chi connectivity index (χ1) is 13.8. The molecule has 1 heterocycles. The lowest BCUT2D eigenvalue weighted by Crippen LogP contribution is -2.28. The van der Waals surface area contributed by atoms with Crippen LogP contribution in [0.3, 0.4) is 0 Å². The first-order valence-electron chi connectivity index (χ1n) is 9.04. The molecule has 4 aromatic rings. The Bertz CT molecular complexity index is 1130. The molecule has 0 aliphatic carbocycles. The van der Waals surface area contributed by atoms with E-state index in [0.29, 0.717) is 5.11 Å². The predicted molar refractivity (Wildman–Crippen MR) is 121 cm³/mol. The Hall–Kier alpha value is -3.44. The molecule has 0 amide bonds. The van der Waals surface area contributed by atoms with Crippen LogP contribution in [0.5, 0.6) is 0 Å². The smallest absolute Gasteiger partial charge is 0.186 e. The summed E-state index contributed by atoms with van der Waals surface area (Å²) in [5, 5.41) is 8.84. The lowest BCUT2D eigenvalue weighted by molar-refractivity contribution is 0.982. The zero-order valence-corrected chi connectivity index (χ0v) is 16.3. The van der Waals surface area contributed by atoms with Crippen molar-refractivity contribution < 1.29 is 0 Å². The molecule has 28 heavy (non-hydrogen) atoms. The summed E-state index contributed by atoms with van der Waals surface area (Å²) in [5.41, 5.74) is 8.35. The van der Waals surface area contributed by atoms with Crippen LogP contribution in [-0.2, 0) is 0 Å². The maximum absolute atomic E-state index is 5.13. The monoisotopic (exact) mass is 384 g/mol. The molecule has 0 fully saturated rings. The van der Waals surface area contributed by atoms with E-state index in [1.54, 1.807) is 7.05 Å². The minimum Gasteiger partial charge on any atom is -0.364 e. The minimum atomic E-state index is 0.476. The highest BCUT2D eigenvalue weighted by atomic mass is 32.1. The van der Waals surface area contributed by atoms with Crippen molar-refractivity contribution in [3.63, 3.8) is 0 Å². The number of nitrogens with zero attached hydrogens (tertiary/aromatic N) is 2. The van der Waals surface area contributed by atoms with Gasteiger partial charge in [-0.2, -0.15) is 5.10 Å². The zero-order valence-electron chi connectivity index (χ0n) is 15.5. The maximum Gasteiger partial charge on any atom is 0.186 e. The molecule has 0 unspecified atom stereocenters. The summed E-state index contributed by atoms with van der Waals surface area (Å²) >= 11 is 5.13. The van der Waals surface area contributed by atoms with Gasteiger partial charge in [0.1, 0.15) is 0 Å². The molecule has 0 bridgehead atoms. The average molecular weight is 385 g/mol. The molecule has 0 saturated carbocycles. The highest BCUT2D eigenvalue weighted by Gasteiger charge is 2.18. The quantitative estimate of drug-likeness (QED) is 0.304. The molecular formula is C23H20N4S. The molecule has 4 nitrogen and oxygen atoms in total. The fourth-order valence-corrected chi connectivity index (χ4v) is 3.39. The Balaban J connectivity index is 2.01. The molecule has 138 valence electrons. The zero-order chi connectivity index (χ0) is 19.3. The molecule has 0 radical (unpaired) electrons. The van der Waals surface area contributed by atoms with E-state index in [2.05, 4.69) is 93.2 Å². The van der Waals surface area contributed by atoms with Gasteiger partial charge < -0.3 is 9.88 Å². The molecule has 1 aromatic heterocycles. The van der Waals surface area contributed by atoms with Gasteiger partial charge in [0.25, 0.3) is 0 Å². The number of nitrogens with one attached hydrogen (secondary N) is 2. The molecule has 0 saturated heterocycles. The number of rotatable bonds is 4. The highest BCUT2D eigenvalue weighted by molar-refractivity contribution is 7.80. The van der Waals surface area contributed by atoms with Crippen LogP contribution in [0.1, 0.15) is 5.56 Å². The van der Waals surface area contributed by atoms with Gasteiger partial charge in [0.2, 0.25) is 0 Å². The lowest BCUT2D eigenvalue weighted by Gasteiger charge is -2.12. The van der Waals surface area contributed by atoms with E-state index in [-0.39, 0.29) is 0 Å². The summed E-state index contributed by atoms with van der Waals surface area (Å²) in [6, 6.07) is 29.1. The van der Waals surface area contributed by atoms with Gasteiger partial charge in [-0.1, -0.05) is 66.7 Å². The summed E-state index contributed by atoms with van der Waals surface area (Å²) in [4.78, 5) is 0. The highest BCUT2D eigenvalue weighted by Crippen LogP contribution is 2.35. The number of para-hydroxylation sites is 2. The van der Waals surface area contributed by atoms with Crippen LogP contribution >= 0.6 is 12.2 Å². The fraction of sp³-hybridized carbons (Fsp3) is 0.0435. The first kappa shape index (κ1) is 17.9. The summed E-state index contributed by atoms with van der Waals surface area (Å²) < 4.78 is 2.28. The number of aromatic nitrogens is 1. The van der Waals surface area contributed by atoms with Gasteiger partial charge in [-0.3, -0.25) is 5.43 Å². The van der Waals surface area contributed by atoms with Gasteiger partial charge in [-0.25, -0.2) is 0 Å². The maximum atomic E-state index is 5.13. The van der Waals surface area contributed by atoms with Crippen LogP contribution in [0.4, 0.5) is 0 Å². The third-order valence-corrected chi connectivity index (χ3v) is 4.86. The number of fused-ring (bicyclic) bond motifs is 1. The molecule has 3 aromatic carbocycles. The number of hydrogen-bond donors (Lipinski definition) is 2. The second-order valence-electron chi connectivity index (χ2n) is 6.27. The Morgan fingerprint density at radius 1 is 0.893 bits per heavy atom. The molecule has 2 N–H and O–H groups in total. The SMILES string of the molecule is CNC(=S)NN=Cc1c(-c2ccccc2)n(-c2ccccc2)c2ccccc12. The standard InChI is InChI=1S/C23H20N4S/c1-24-23(28)26-25-16-20-19-14-8-9-15-21(19)27(18-12-6-3-7-13-18)22(20)17-10-4-2-5-11-17/h2-16H,1H3,(H2,24,26,28). The molecule has 5 heteroatoms. The van der Waals surface area contributed by atoms with Crippen LogP contribution in [-0.4, -0.2) is 22.9 Å². The van der Waals surface area contributed by atoms with Gasteiger partial charge in [0.05, 0.1) is 17.4 Å². The van der Waals surface area contributed by atoms with Crippen LogP contribution < -0.4 is 10.7 Å². The van der Waals surface area contributed by atoms with Crippen molar-refractivity contribution >= 4 is 34.4 Å². The van der Waals surface area contributed by atoms with E-state index in [4.69, 9.17) is 12.2 Å². The third-order valence-electron chi connectivity index (χ3n) is 4.56. The van der Waals surface area contributed by atoms with E-state index >= 15 is 0 Å². The van der Waals surface area contributed by atoms with Crippen molar-refractivity contribution in [3.8, 4) is 16.9 Å². The lowest BCUT2D eigenvalue weighted by atomic mass is 10.1. The van der Waals surface area contributed by atoms with Gasteiger partial charge in [-0.15, -0.1) is 0 Å². The molecular weight excluding hydrogens is 364 g/mol. The van der Waals surface area contributed by atoms with Crippen molar-refractivity contribution in [1.82, 2.24) is 15.3 Å². The summed E-state index contributed by atoms with van der Waals surface area (Å²) in [7, 11) is 1.77. The Labute approximate surface area is 169 Å². The van der Waals surface area contributed by atoms with Crippen LogP contribution in [0.25, 0.3) is 27.8 Å².